The maximum absolute atomic E-state index is 12.2. The second kappa shape index (κ2) is 7.43. The summed E-state index contributed by atoms with van der Waals surface area (Å²) in [5.41, 5.74) is 2.65. The molecule has 3 aromatic heterocycles. The highest BCUT2D eigenvalue weighted by Gasteiger charge is 2.26. The van der Waals surface area contributed by atoms with E-state index in [9.17, 15) is 4.79 Å². The molecule has 3 aromatic rings. The summed E-state index contributed by atoms with van der Waals surface area (Å²) >= 11 is 0. The molecule has 0 aliphatic heterocycles. The minimum Gasteiger partial charge on any atom is -0.352 e. The fourth-order valence-electron chi connectivity index (χ4n) is 2.88. The summed E-state index contributed by atoms with van der Waals surface area (Å²) in [6, 6.07) is 5.76. The standard InChI is InChI=1S/C19H20N6O/c26-19(16-12-22-18(23-13-16)15-4-8-20-9-5-15)21-7-1-11-25-17(6-10-24-25)14-2-3-14/h4-6,8-10,12-14H,1-3,7,11H2,(H,21,26). The number of carbonyl (C=O) groups excluding carboxylic acids is 1. The molecule has 1 saturated carbocycles. The third-order valence-corrected chi connectivity index (χ3v) is 4.43. The first-order chi connectivity index (χ1) is 12.8. The number of hydrogen-bond donors (Lipinski definition) is 1. The Bertz CT molecular complexity index is 871. The van der Waals surface area contributed by atoms with E-state index in [0.717, 1.165) is 18.5 Å². The van der Waals surface area contributed by atoms with Crippen LogP contribution in [0.2, 0.25) is 0 Å². The minimum absolute atomic E-state index is 0.158. The van der Waals surface area contributed by atoms with Gasteiger partial charge in [-0.15, -0.1) is 0 Å². The zero-order valence-corrected chi connectivity index (χ0v) is 14.4. The van der Waals surface area contributed by atoms with Crippen molar-refractivity contribution in [3.05, 3.63) is 60.4 Å². The molecule has 26 heavy (non-hydrogen) atoms. The second-order valence-corrected chi connectivity index (χ2v) is 6.39. The Balaban J connectivity index is 1.27. The SMILES string of the molecule is O=C(NCCCn1nccc1C1CC1)c1cnc(-c2ccncc2)nc1. The van der Waals surface area contributed by atoms with Crippen molar-refractivity contribution in [2.75, 3.05) is 6.54 Å². The summed E-state index contributed by atoms with van der Waals surface area (Å²) in [5.74, 6) is 1.10. The molecule has 1 aliphatic carbocycles. The molecule has 7 nitrogen and oxygen atoms in total. The first-order valence-corrected chi connectivity index (χ1v) is 8.83. The van der Waals surface area contributed by atoms with Gasteiger partial charge in [0.1, 0.15) is 0 Å². The van der Waals surface area contributed by atoms with E-state index < -0.39 is 0 Å². The van der Waals surface area contributed by atoms with E-state index in [-0.39, 0.29) is 5.91 Å². The molecule has 132 valence electrons. The molecule has 7 heteroatoms. The minimum atomic E-state index is -0.158. The van der Waals surface area contributed by atoms with Crippen molar-refractivity contribution in [3.63, 3.8) is 0 Å². The highest BCUT2D eigenvalue weighted by molar-refractivity contribution is 5.93. The summed E-state index contributed by atoms with van der Waals surface area (Å²) in [4.78, 5) is 24.7. The Kier molecular flexibility index (Phi) is 4.68. The molecule has 3 heterocycles. The molecule has 0 radical (unpaired) electrons. The quantitative estimate of drug-likeness (QED) is 0.663. The molecule has 4 rings (SSSR count). The van der Waals surface area contributed by atoms with Crippen molar-refractivity contribution < 1.29 is 4.79 Å². The van der Waals surface area contributed by atoms with Crippen LogP contribution in [0, 0.1) is 0 Å². The first kappa shape index (κ1) is 16.4. The summed E-state index contributed by atoms with van der Waals surface area (Å²) < 4.78 is 2.05. The number of hydrogen-bond acceptors (Lipinski definition) is 5. The van der Waals surface area contributed by atoms with Crippen LogP contribution in [0.1, 0.15) is 41.2 Å². The van der Waals surface area contributed by atoms with Crippen molar-refractivity contribution in [2.24, 2.45) is 0 Å². The zero-order chi connectivity index (χ0) is 17.8. The van der Waals surface area contributed by atoms with Gasteiger partial charge in [0.2, 0.25) is 0 Å². The normalized spacial score (nSPS) is 13.5. The Labute approximate surface area is 151 Å². The maximum Gasteiger partial charge on any atom is 0.254 e. The van der Waals surface area contributed by atoms with Crippen molar-refractivity contribution in [2.45, 2.75) is 31.7 Å². The van der Waals surface area contributed by atoms with Gasteiger partial charge in [0.05, 0.1) is 5.56 Å². The Morgan fingerprint density at radius 1 is 1.12 bits per heavy atom. The van der Waals surface area contributed by atoms with E-state index in [2.05, 4.69) is 36.1 Å². The number of aromatic nitrogens is 5. The number of rotatable bonds is 7. The lowest BCUT2D eigenvalue weighted by molar-refractivity contribution is 0.0952. The van der Waals surface area contributed by atoms with Crippen LogP contribution in [0.15, 0.2) is 49.2 Å². The van der Waals surface area contributed by atoms with Gasteiger partial charge >= 0.3 is 0 Å². The van der Waals surface area contributed by atoms with Crippen molar-refractivity contribution >= 4 is 5.91 Å². The van der Waals surface area contributed by atoms with E-state index in [1.807, 2.05) is 18.3 Å². The largest absolute Gasteiger partial charge is 0.352 e. The fraction of sp³-hybridized carbons (Fsp3) is 0.316. The Morgan fingerprint density at radius 3 is 2.62 bits per heavy atom. The van der Waals surface area contributed by atoms with Gasteiger partial charge in [-0.25, -0.2) is 9.97 Å². The number of nitrogens with one attached hydrogen (secondary N) is 1. The molecule has 0 spiro atoms. The van der Waals surface area contributed by atoms with Crippen LogP contribution < -0.4 is 5.32 Å². The number of amides is 1. The third-order valence-electron chi connectivity index (χ3n) is 4.43. The monoisotopic (exact) mass is 348 g/mol. The topological polar surface area (TPSA) is 85.6 Å². The van der Waals surface area contributed by atoms with Gasteiger partial charge in [-0.3, -0.25) is 14.5 Å². The lowest BCUT2D eigenvalue weighted by Gasteiger charge is -2.08. The molecule has 1 fully saturated rings. The predicted molar refractivity (Wildman–Crippen MR) is 96.4 cm³/mol. The summed E-state index contributed by atoms with van der Waals surface area (Å²) in [6.07, 6.45) is 11.7. The van der Waals surface area contributed by atoms with Crippen molar-refractivity contribution in [1.29, 1.82) is 0 Å². The highest BCUT2D eigenvalue weighted by Crippen LogP contribution is 2.39. The molecular weight excluding hydrogens is 328 g/mol. The van der Waals surface area contributed by atoms with Gasteiger partial charge in [0.15, 0.2) is 5.82 Å². The van der Waals surface area contributed by atoms with Gasteiger partial charge in [0, 0.05) is 61.2 Å². The van der Waals surface area contributed by atoms with Crippen LogP contribution >= 0.6 is 0 Å². The van der Waals surface area contributed by atoms with Crippen LogP contribution in [0.3, 0.4) is 0 Å². The number of nitrogens with zero attached hydrogens (tertiary/aromatic N) is 5. The number of aryl methyl sites for hydroxylation is 1. The average Bonchev–Trinajstić information content (AvgIpc) is 3.44. The second-order valence-electron chi connectivity index (χ2n) is 6.39. The van der Waals surface area contributed by atoms with Crippen LogP contribution in [0.25, 0.3) is 11.4 Å². The van der Waals surface area contributed by atoms with Crippen LogP contribution in [0.5, 0.6) is 0 Å². The number of pyridine rings is 1. The fourth-order valence-corrected chi connectivity index (χ4v) is 2.88. The highest BCUT2D eigenvalue weighted by atomic mass is 16.1. The molecule has 1 amide bonds. The molecule has 0 unspecified atom stereocenters. The molecule has 1 aliphatic rings. The lowest BCUT2D eigenvalue weighted by Crippen LogP contribution is -2.25. The van der Waals surface area contributed by atoms with Gasteiger partial charge in [-0.05, 0) is 37.5 Å². The van der Waals surface area contributed by atoms with Crippen molar-refractivity contribution in [3.8, 4) is 11.4 Å². The van der Waals surface area contributed by atoms with E-state index in [1.54, 1.807) is 24.8 Å². The van der Waals surface area contributed by atoms with Gasteiger partial charge < -0.3 is 5.32 Å². The maximum atomic E-state index is 12.2. The summed E-state index contributed by atoms with van der Waals surface area (Å²) in [5, 5.41) is 7.29. The van der Waals surface area contributed by atoms with E-state index in [1.165, 1.54) is 18.5 Å². The Morgan fingerprint density at radius 2 is 1.88 bits per heavy atom. The van der Waals surface area contributed by atoms with Crippen LogP contribution in [-0.4, -0.2) is 37.2 Å². The Hall–Kier alpha value is -3.09. The smallest absolute Gasteiger partial charge is 0.254 e. The van der Waals surface area contributed by atoms with Crippen molar-refractivity contribution in [1.82, 2.24) is 30.0 Å². The molecule has 0 atom stereocenters. The zero-order valence-electron chi connectivity index (χ0n) is 14.4. The van der Waals surface area contributed by atoms with Crippen LogP contribution in [-0.2, 0) is 6.54 Å². The van der Waals surface area contributed by atoms with Gasteiger partial charge in [-0.2, -0.15) is 5.10 Å². The lowest BCUT2D eigenvalue weighted by atomic mass is 10.2. The molecular formula is C19H20N6O. The molecule has 0 bridgehead atoms. The molecule has 1 N–H and O–H groups in total. The van der Waals surface area contributed by atoms with Crippen LogP contribution in [0.4, 0.5) is 0 Å². The molecule has 0 aromatic carbocycles. The van der Waals surface area contributed by atoms with Gasteiger partial charge in [-0.1, -0.05) is 0 Å². The van der Waals surface area contributed by atoms with E-state index in [4.69, 9.17) is 0 Å². The predicted octanol–water partition coefficient (Wildman–Crippen LogP) is 2.43. The van der Waals surface area contributed by atoms with E-state index >= 15 is 0 Å². The van der Waals surface area contributed by atoms with Gasteiger partial charge in [0.25, 0.3) is 5.91 Å². The number of carbonyl (C=O) groups is 1. The summed E-state index contributed by atoms with van der Waals surface area (Å²) in [6.45, 7) is 1.41. The third kappa shape index (κ3) is 3.77. The summed E-state index contributed by atoms with van der Waals surface area (Å²) in [7, 11) is 0. The first-order valence-electron chi connectivity index (χ1n) is 8.83. The van der Waals surface area contributed by atoms with E-state index in [0.29, 0.717) is 23.9 Å². The molecule has 0 saturated heterocycles. The average molecular weight is 348 g/mol.